The molecule has 0 bridgehead atoms. The molecule has 0 amide bonds. The molecule has 1 aromatic heterocycles. The highest BCUT2D eigenvalue weighted by atomic mass is 32.2. The molecule has 2 aromatic carbocycles. The zero-order chi connectivity index (χ0) is 22.4. The van der Waals surface area contributed by atoms with Crippen molar-refractivity contribution in [3.8, 4) is 5.75 Å². The van der Waals surface area contributed by atoms with Crippen LogP contribution in [0.1, 0.15) is 43.0 Å². The number of sulfonamides is 1. The van der Waals surface area contributed by atoms with E-state index in [4.69, 9.17) is 9.26 Å². The highest BCUT2D eigenvalue weighted by Crippen LogP contribution is 2.30. The minimum absolute atomic E-state index is 0.248. The molecule has 8 nitrogen and oxygen atoms in total. The first-order valence-electron chi connectivity index (χ1n) is 10.8. The van der Waals surface area contributed by atoms with Crippen molar-refractivity contribution in [2.45, 2.75) is 43.5 Å². The van der Waals surface area contributed by atoms with E-state index in [9.17, 15) is 8.42 Å². The average Bonchev–Trinajstić information content (AvgIpc) is 3.07. The minimum Gasteiger partial charge on any atom is -0.495 e. The number of anilines is 1. The van der Waals surface area contributed by atoms with E-state index in [1.807, 2.05) is 30.3 Å². The molecule has 0 radical (unpaired) electrons. The molecule has 3 aromatic rings. The standard InChI is InChI=1S/C23H28N4O4S/c1-30-21-12-11-19(32(28,29)27-13-7-2-3-8-14-27)16-20(21)24-17-23-25-22(26-31-23)15-18-9-5-4-6-10-18/h4-6,9-12,16,24H,2-3,7-8,13-15,17H2,1H3. The monoisotopic (exact) mass is 456 g/mol. The van der Waals surface area contributed by atoms with Crippen molar-refractivity contribution in [2.75, 3.05) is 25.5 Å². The predicted molar refractivity (Wildman–Crippen MR) is 121 cm³/mol. The van der Waals surface area contributed by atoms with Crippen LogP contribution in [0, 0.1) is 0 Å². The summed E-state index contributed by atoms with van der Waals surface area (Å²) < 4.78 is 38.7. The molecule has 0 aliphatic carbocycles. The van der Waals surface area contributed by atoms with Crippen molar-refractivity contribution in [2.24, 2.45) is 0 Å². The van der Waals surface area contributed by atoms with Crippen molar-refractivity contribution in [1.82, 2.24) is 14.4 Å². The van der Waals surface area contributed by atoms with E-state index in [2.05, 4.69) is 15.5 Å². The van der Waals surface area contributed by atoms with Gasteiger partial charge in [0.2, 0.25) is 15.9 Å². The van der Waals surface area contributed by atoms with Gasteiger partial charge in [0, 0.05) is 19.5 Å². The molecule has 1 aliphatic rings. The molecule has 4 rings (SSSR count). The van der Waals surface area contributed by atoms with Crippen molar-refractivity contribution >= 4 is 15.7 Å². The Balaban J connectivity index is 1.47. The third-order valence-electron chi connectivity index (χ3n) is 5.52. The van der Waals surface area contributed by atoms with Crippen LogP contribution in [-0.4, -0.2) is 43.1 Å². The fraction of sp³-hybridized carbons (Fsp3) is 0.391. The first kappa shape index (κ1) is 22.3. The van der Waals surface area contributed by atoms with Gasteiger partial charge in [0.25, 0.3) is 0 Å². The van der Waals surface area contributed by atoms with Crippen LogP contribution in [-0.2, 0) is 23.0 Å². The molecule has 0 atom stereocenters. The molecule has 1 fully saturated rings. The molecule has 0 saturated carbocycles. The third kappa shape index (κ3) is 5.28. The lowest BCUT2D eigenvalue weighted by Crippen LogP contribution is -2.32. The Hall–Kier alpha value is -2.91. The van der Waals surface area contributed by atoms with Gasteiger partial charge >= 0.3 is 0 Å². The Labute approximate surface area is 188 Å². The van der Waals surface area contributed by atoms with Gasteiger partial charge in [-0.05, 0) is 36.6 Å². The van der Waals surface area contributed by atoms with Gasteiger partial charge in [-0.1, -0.05) is 48.3 Å². The molecule has 0 spiro atoms. The quantitative estimate of drug-likeness (QED) is 0.550. The number of nitrogens with zero attached hydrogens (tertiary/aromatic N) is 3. The van der Waals surface area contributed by atoms with E-state index in [1.54, 1.807) is 29.6 Å². The normalized spacial score (nSPS) is 15.3. The Morgan fingerprint density at radius 2 is 1.81 bits per heavy atom. The first-order valence-corrected chi connectivity index (χ1v) is 12.3. The second kappa shape index (κ2) is 10.1. The van der Waals surface area contributed by atoms with Gasteiger partial charge in [0.1, 0.15) is 5.75 Å². The lowest BCUT2D eigenvalue weighted by molar-refractivity contribution is 0.378. The number of rotatable bonds is 8. The lowest BCUT2D eigenvalue weighted by Gasteiger charge is -2.21. The molecule has 1 saturated heterocycles. The Morgan fingerprint density at radius 1 is 1.06 bits per heavy atom. The molecule has 1 aliphatic heterocycles. The molecule has 2 heterocycles. The van der Waals surface area contributed by atoms with Crippen molar-refractivity contribution in [3.05, 3.63) is 65.8 Å². The van der Waals surface area contributed by atoms with E-state index in [-0.39, 0.29) is 11.4 Å². The van der Waals surface area contributed by atoms with E-state index in [1.165, 1.54) is 0 Å². The van der Waals surface area contributed by atoms with Gasteiger partial charge in [-0.25, -0.2) is 8.42 Å². The summed E-state index contributed by atoms with van der Waals surface area (Å²) >= 11 is 0. The molecule has 0 unspecified atom stereocenters. The van der Waals surface area contributed by atoms with Gasteiger partial charge in [0.05, 0.1) is 24.2 Å². The lowest BCUT2D eigenvalue weighted by atomic mass is 10.1. The summed E-state index contributed by atoms with van der Waals surface area (Å²) in [6, 6.07) is 14.8. The zero-order valence-electron chi connectivity index (χ0n) is 18.2. The number of hydrogen-bond donors (Lipinski definition) is 1. The predicted octanol–water partition coefficient (Wildman–Crippen LogP) is 3.85. The molecule has 32 heavy (non-hydrogen) atoms. The summed E-state index contributed by atoms with van der Waals surface area (Å²) in [6.45, 7) is 1.37. The van der Waals surface area contributed by atoms with Crippen molar-refractivity contribution in [1.29, 1.82) is 0 Å². The summed E-state index contributed by atoms with van der Waals surface area (Å²) in [5.74, 6) is 1.56. The van der Waals surface area contributed by atoms with Gasteiger partial charge in [0.15, 0.2) is 5.82 Å². The number of nitrogens with one attached hydrogen (secondary N) is 1. The summed E-state index contributed by atoms with van der Waals surface area (Å²) in [5.41, 5.74) is 1.66. The molecule has 9 heteroatoms. The maximum atomic E-state index is 13.2. The van der Waals surface area contributed by atoms with Gasteiger partial charge in [-0.3, -0.25) is 0 Å². The van der Waals surface area contributed by atoms with Crippen LogP contribution in [0.15, 0.2) is 57.9 Å². The van der Waals surface area contributed by atoms with Crippen LogP contribution in [0.25, 0.3) is 0 Å². The van der Waals surface area contributed by atoms with Crippen LogP contribution >= 0.6 is 0 Å². The van der Waals surface area contributed by atoms with E-state index >= 15 is 0 Å². The highest BCUT2D eigenvalue weighted by molar-refractivity contribution is 7.89. The number of ether oxygens (including phenoxy) is 1. The van der Waals surface area contributed by atoms with Crippen LogP contribution < -0.4 is 10.1 Å². The topological polar surface area (TPSA) is 97.6 Å². The van der Waals surface area contributed by atoms with Crippen molar-refractivity contribution < 1.29 is 17.7 Å². The van der Waals surface area contributed by atoms with E-state index in [0.29, 0.717) is 42.7 Å². The van der Waals surface area contributed by atoms with Crippen LogP contribution in [0.2, 0.25) is 0 Å². The minimum atomic E-state index is -3.56. The first-order chi connectivity index (χ1) is 15.6. The van der Waals surface area contributed by atoms with Gasteiger partial charge in [-0.15, -0.1) is 0 Å². The van der Waals surface area contributed by atoms with Crippen LogP contribution in [0.3, 0.4) is 0 Å². The maximum Gasteiger partial charge on any atom is 0.245 e. The largest absolute Gasteiger partial charge is 0.495 e. The number of methoxy groups -OCH3 is 1. The SMILES string of the molecule is COc1ccc(S(=O)(=O)N2CCCCCC2)cc1NCc1nc(Cc2ccccc2)no1. The smallest absolute Gasteiger partial charge is 0.245 e. The second-order valence-electron chi connectivity index (χ2n) is 7.80. The van der Waals surface area contributed by atoms with E-state index < -0.39 is 10.0 Å². The molecular weight excluding hydrogens is 428 g/mol. The van der Waals surface area contributed by atoms with Gasteiger partial charge < -0.3 is 14.6 Å². The number of hydrogen-bond acceptors (Lipinski definition) is 7. The number of aromatic nitrogens is 2. The Bertz CT molecular complexity index is 1120. The summed E-state index contributed by atoms with van der Waals surface area (Å²) in [6.07, 6.45) is 4.50. The highest BCUT2D eigenvalue weighted by Gasteiger charge is 2.26. The molecule has 1 N–H and O–H groups in total. The summed E-state index contributed by atoms with van der Waals surface area (Å²) in [5, 5.41) is 7.21. The fourth-order valence-corrected chi connectivity index (χ4v) is 5.34. The average molecular weight is 457 g/mol. The van der Waals surface area contributed by atoms with Crippen LogP contribution in [0.5, 0.6) is 5.75 Å². The molecular formula is C23H28N4O4S. The molecule has 170 valence electrons. The zero-order valence-corrected chi connectivity index (χ0v) is 19.0. The summed E-state index contributed by atoms with van der Waals surface area (Å²) in [7, 11) is -2.01. The third-order valence-corrected chi connectivity index (χ3v) is 7.41. The van der Waals surface area contributed by atoms with Crippen molar-refractivity contribution in [3.63, 3.8) is 0 Å². The Kier molecular flexibility index (Phi) is 7.06. The maximum absolute atomic E-state index is 13.2. The Morgan fingerprint density at radius 3 is 2.53 bits per heavy atom. The van der Waals surface area contributed by atoms with E-state index in [0.717, 1.165) is 31.2 Å². The fourth-order valence-electron chi connectivity index (χ4n) is 3.80. The second-order valence-corrected chi connectivity index (χ2v) is 9.74. The van der Waals surface area contributed by atoms with Gasteiger partial charge in [-0.2, -0.15) is 9.29 Å². The number of benzene rings is 2. The van der Waals surface area contributed by atoms with Crippen LogP contribution in [0.4, 0.5) is 5.69 Å². The summed E-state index contributed by atoms with van der Waals surface area (Å²) in [4.78, 5) is 4.67.